The number of hydrogen-bond donors (Lipinski definition) is 3. The Morgan fingerprint density at radius 1 is 1.32 bits per heavy atom. The third-order valence-electron chi connectivity index (χ3n) is 3.83. The van der Waals surface area contributed by atoms with Gasteiger partial charge in [-0.1, -0.05) is 23.7 Å². The summed E-state index contributed by atoms with van der Waals surface area (Å²) < 4.78 is 5.16. The van der Waals surface area contributed by atoms with E-state index in [0.717, 1.165) is 16.9 Å². The Kier molecular flexibility index (Phi) is 5.76. The normalized spacial score (nSPS) is 10.5. The molecule has 2 aromatic heterocycles. The molecule has 1 aromatic carbocycles. The number of rotatable bonds is 6. The molecule has 144 valence electrons. The van der Waals surface area contributed by atoms with E-state index in [0.29, 0.717) is 10.6 Å². The maximum absolute atomic E-state index is 12.4. The Hall–Kier alpha value is -3.17. The summed E-state index contributed by atoms with van der Waals surface area (Å²) in [6.07, 6.45) is 0. The Labute approximate surface area is 167 Å². The van der Waals surface area contributed by atoms with Crippen LogP contribution in [0.4, 0.5) is 0 Å². The van der Waals surface area contributed by atoms with Crippen LogP contribution in [0.5, 0.6) is 5.75 Å². The van der Waals surface area contributed by atoms with Crippen LogP contribution in [0.3, 0.4) is 0 Å². The Balaban J connectivity index is 1.87. The average molecular weight is 420 g/mol. The molecule has 0 spiro atoms. The maximum atomic E-state index is 12.4. The van der Waals surface area contributed by atoms with Gasteiger partial charge in [-0.05, 0) is 23.8 Å². The van der Waals surface area contributed by atoms with Gasteiger partial charge in [-0.15, -0.1) is 11.3 Å². The molecule has 3 aromatic rings. The van der Waals surface area contributed by atoms with Crippen LogP contribution in [0.15, 0.2) is 40.5 Å². The molecule has 0 fully saturated rings. The monoisotopic (exact) mass is 419 g/mol. The molecular formula is C18H14ClN3O5S. The highest BCUT2D eigenvalue weighted by molar-refractivity contribution is 7.12. The minimum Gasteiger partial charge on any atom is -0.494 e. The lowest BCUT2D eigenvalue weighted by molar-refractivity contribution is 0.0698. The van der Waals surface area contributed by atoms with Crippen LogP contribution in [0, 0.1) is 0 Å². The van der Waals surface area contributed by atoms with Crippen molar-refractivity contribution in [1.82, 2.24) is 15.5 Å². The van der Waals surface area contributed by atoms with E-state index < -0.39 is 17.4 Å². The van der Waals surface area contributed by atoms with E-state index >= 15 is 0 Å². The van der Waals surface area contributed by atoms with Crippen molar-refractivity contribution in [3.05, 3.63) is 67.1 Å². The van der Waals surface area contributed by atoms with Crippen molar-refractivity contribution in [3.8, 4) is 17.0 Å². The SMILES string of the molecule is COc1c(-c2cc(C(=O)NCc3ccc(Cl)cc3)c(=O)[nH]n2)csc1C(=O)O. The van der Waals surface area contributed by atoms with Crippen LogP contribution in [0.2, 0.25) is 5.02 Å². The second-order valence-corrected chi connectivity index (χ2v) is 6.94. The van der Waals surface area contributed by atoms with Crippen LogP contribution in [0.1, 0.15) is 25.6 Å². The number of carboxylic acids is 1. The molecule has 10 heteroatoms. The molecule has 2 heterocycles. The fourth-order valence-corrected chi connectivity index (χ4v) is 3.46. The number of nitrogens with zero attached hydrogens (tertiary/aromatic N) is 1. The summed E-state index contributed by atoms with van der Waals surface area (Å²) in [6.45, 7) is 0.206. The highest BCUT2D eigenvalue weighted by atomic mass is 35.5. The predicted octanol–water partition coefficient (Wildman–Crippen LogP) is 2.79. The van der Waals surface area contributed by atoms with E-state index in [9.17, 15) is 19.5 Å². The van der Waals surface area contributed by atoms with Crippen molar-refractivity contribution < 1.29 is 19.4 Å². The number of nitrogens with one attached hydrogen (secondary N) is 2. The number of halogens is 1. The van der Waals surface area contributed by atoms with E-state index in [1.165, 1.54) is 13.2 Å². The summed E-state index contributed by atoms with van der Waals surface area (Å²) in [4.78, 5) is 35.8. The van der Waals surface area contributed by atoms with Gasteiger partial charge < -0.3 is 15.2 Å². The van der Waals surface area contributed by atoms with Gasteiger partial charge >= 0.3 is 5.97 Å². The van der Waals surface area contributed by atoms with Gasteiger partial charge in [0.25, 0.3) is 11.5 Å². The molecular weight excluding hydrogens is 406 g/mol. The van der Waals surface area contributed by atoms with Crippen molar-refractivity contribution in [2.75, 3.05) is 7.11 Å². The number of thiophene rings is 1. The number of hydrogen-bond acceptors (Lipinski definition) is 6. The highest BCUT2D eigenvalue weighted by Crippen LogP contribution is 2.37. The number of aromatic amines is 1. The van der Waals surface area contributed by atoms with Crippen LogP contribution in [-0.2, 0) is 6.54 Å². The minimum absolute atomic E-state index is 0.000704. The lowest BCUT2D eigenvalue weighted by atomic mass is 10.1. The molecule has 0 aliphatic carbocycles. The molecule has 8 nitrogen and oxygen atoms in total. The largest absolute Gasteiger partial charge is 0.494 e. The van der Waals surface area contributed by atoms with E-state index in [2.05, 4.69) is 15.5 Å². The zero-order valence-electron chi connectivity index (χ0n) is 14.5. The van der Waals surface area contributed by atoms with E-state index in [1.807, 2.05) is 0 Å². The molecule has 0 unspecified atom stereocenters. The van der Waals surface area contributed by atoms with Gasteiger partial charge in [-0.25, -0.2) is 9.89 Å². The van der Waals surface area contributed by atoms with Gasteiger partial charge in [-0.3, -0.25) is 9.59 Å². The smallest absolute Gasteiger partial charge is 0.349 e. The fraction of sp³-hybridized carbons (Fsp3) is 0.111. The fourth-order valence-electron chi connectivity index (χ4n) is 2.47. The lowest BCUT2D eigenvalue weighted by Gasteiger charge is -2.07. The van der Waals surface area contributed by atoms with Gasteiger partial charge in [0, 0.05) is 16.9 Å². The number of benzene rings is 1. The zero-order valence-corrected chi connectivity index (χ0v) is 16.1. The summed E-state index contributed by atoms with van der Waals surface area (Å²) in [6, 6.07) is 8.21. The van der Waals surface area contributed by atoms with Gasteiger partial charge in [0.05, 0.1) is 18.4 Å². The third kappa shape index (κ3) is 4.05. The average Bonchev–Trinajstić information content (AvgIpc) is 3.12. The molecule has 0 aliphatic heterocycles. The number of aromatic carboxylic acids is 1. The molecule has 1 amide bonds. The summed E-state index contributed by atoms with van der Waals surface area (Å²) in [5, 5.41) is 20.2. The number of H-pyrrole nitrogens is 1. The molecule has 0 atom stereocenters. The van der Waals surface area contributed by atoms with Crippen molar-refractivity contribution >= 4 is 34.8 Å². The van der Waals surface area contributed by atoms with Crippen molar-refractivity contribution in [2.45, 2.75) is 6.54 Å². The topological polar surface area (TPSA) is 121 Å². The Morgan fingerprint density at radius 2 is 2.04 bits per heavy atom. The zero-order chi connectivity index (χ0) is 20.3. The number of ether oxygens (including phenoxy) is 1. The number of methoxy groups -OCH3 is 1. The number of carbonyl (C=O) groups is 2. The second-order valence-electron chi connectivity index (χ2n) is 5.62. The number of amides is 1. The summed E-state index contributed by atoms with van der Waals surface area (Å²) in [5.41, 5.74) is 0.591. The quantitative estimate of drug-likeness (QED) is 0.564. The molecule has 3 rings (SSSR count). The maximum Gasteiger partial charge on any atom is 0.349 e. The second kappa shape index (κ2) is 8.24. The van der Waals surface area contributed by atoms with Crippen molar-refractivity contribution in [2.24, 2.45) is 0 Å². The van der Waals surface area contributed by atoms with Gasteiger partial charge in [-0.2, -0.15) is 5.10 Å². The number of aromatic nitrogens is 2. The van der Waals surface area contributed by atoms with Crippen LogP contribution in [-0.4, -0.2) is 34.3 Å². The standard InChI is InChI=1S/C18H14ClN3O5S/c1-27-14-12(8-28-15(14)18(25)26)13-6-11(17(24)22-21-13)16(23)20-7-9-2-4-10(19)5-3-9/h2-6,8H,7H2,1H3,(H,20,23)(H,22,24)(H,25,26). The van der Waals surface area contributed by atoms with Crippen molar-refractivity contribution in [3.63, 3.8) is 0 Å². The Morgan fingerprint density at radius 3 is 2.68 bits per heavy atom. The van der Waals surface area contributed by atoms with Crippen LogP contribution >= 0.6 is 22.9 Å². The van der Waals surface area contributed by atoms with E-state index in [4.69, 9.17) is 16.3 Å². The first-order valence-corrected chi connectivity index (χ1v) is 9.18. The van der Waals surface area contributed by atoms with Crippen LogP contribution < -0.4 is 15.6 Å². The molecule has 0 saturated heterocycles. The first-order chi connectivity index (χ1) is 13.4. The summed E-state index contributed by atoms with van der Waals surface area (Å²) in [7, 11) is 1.34. The molecule has 3 N–H and O–H groups in total. The molecule has 0 radical (unpaired) electrons. The highest BCUT2D eigenvalue weighted by Gasteiger charge is 2.22. The minimum atomic E-state index is -1.14. The van der Waals surface area contributed by atoms with E-state index in [-0.39, 0.29) is 28.4 Å². The van der Waals surface area contributed by atoms with Crippen LogP contribution in [0.25, 0.3) is 11.3 Å². The van der Waals surface area contributed by atoms with E-state index in [1.54, 1.807) is 29.6 Å². The number of carbonyl (C=O) groups excluding carboxylic acids is 1. The van der Waals surface area contributed by atoms with Gasteiger partial charge in [0.15, 0.2) is 10.6 Å². The Bertz CT molecular complexity index is 1090. The number of carboxylic acid groups (broad SMARTS) is 1. The van der Waals surface area contributed by atoms with Gasteiger partial charge in [0.1, 0.15) is 5.56 Å². The third-order valence-corrected chi connectivity index (χ3v) is 5.04. The molecule has 0 bridgehead atoms. The van der Waals surface area contributed by atoms with Gasteiger partial charge in [0.2, 0.25) is 0 Å². The summed E-state index contributed by atoms with van der Waals surface area (Å²) >= 11 is 6.79. The van der Waals surface area contributed by atoms with Crippen molar-refractivity contribution in [1.29, 1.82) is 0 Å². The summed E-state index contributed by atoms with van der Waals surface area (Å²) in [5.74, 6) is -1.62. The predicted molar refractivity (Wildman–Crippen MR) is 104 cm³/mol. The molecule has 28 heavy (non-hydrogen) atoms. The first kappa shape index (κ1) is 19.6. The first-order valence-electron chi connectivity index (χ1n) is 7.92. The molecule has 0 aliphatic rings. The lowest BCUT2D eigenvalue weighted by Crippen LogP contribution is -2.29. The molecule has 0 saturated carbocycles.